The van der Waals surface area contributed by atoms with Gasteiger partial charge in [0, 0.05) is 34.7 Å². The third-order valence-electron chi connectivity index (χ3n) is 5.94. The summed E-state index contributed by atoms with van der Waals surface area (Å²) in [6, 6.07) is 6.20. The zero-order valence-electron chi connectivity index (χ0n) is 15.6. The number of halogens is 2. The Hall–Kier alpha value is -1.65. The number of benzene rings is 1. The maximum absolute atomic E-state index is 6.51. The lowest BCUT2D eigenvalue weighted by Gasteiger charge is -2.33. The molecular weight excluding hydrogens is 378 g/mol. The maximum Gasteiger partial charge on any atom is 0.208 e. The van der Waals surface area contributed by atoms with Crippen LogP contribution in [0.25, 0.3) is 0 Å². The Morgan fingerprint density at radius 1 is 1.26 bits per heavy atom. The molecule has 3 aliphatic heterocycles. The molecule has 1 aromatic carbocycles. The number of nitrogens with zero attached hydrogens (tertiary/aromatic N) is 4. The van der Waals surface area contributed by atoms with Crippen molar-refractivity contribution in [2.24, 2.45) is 16.0 Å². The normalized spacial score (nSPS) is 26.7. The minimum Gasteiger partial charge on any atom is -0.270 e. The van der Waals surface area contributed by atoms with Gasteiger partial charge < -0.3 is 0 Å². The second-order valence-corrected chi connectivity index (χ2v) is 8.81. The maximum atomic E-state index is 6.51. The SMILES string of the molecule is CC[C@H]1CN2N=C(c3ccc(Cl)cc3Cl)C3=NC(C)=CC(=[N+]1[11CH2]C1CC1)C32. The van der Waals surface area contributed by atoms with Gasteiger partial charge in [-0.3, -0.25) is 10.0 Å². The lowest BCUT2D eigenvalue weighted by atomic mass is 9.86. The zero-order chi connectivity index (χ0) is 18.7. The summed E-state index contributed by atoms with van der Waals surface area (Å²) in [5.74, 6) is 0.849. The molecule has 5 rings (SSSR count). The molecule has 0 amide bonds. The van der Waals surface area contributed by atoms with Crippen LogP contribution >= 0.6 is 23.2 Å². The topological polar surface area (TPSA) is 31.0 Å². The van der Waals surface area contributed by atoms with Crippen molar-refractivity contribution in [1.29, 1.82) is 0 Å². The van der Waals surface area contributed by atoms with Crippen LogP contribution in [0.4, 0.5) is 0 Å². The predicted octanol–water partition coefficient (Wildman–Crippen LogP) is 4.40. The number of rotatable bonds is 4. The fraction of sp³-hybridized carbons (Fsp3) is 0.476. The summed E-state index contributed by atoms with van der Waals surface area (Å²) < 4.78 is 2.64. The van der Waals surface area contributed by atoms with Crippen molar-refractivity contribution in [2.75, 3.05) is 13.1 Å². The van der Waals surface area contributed by atoms with Crippen molar-refractivity contribution in [2.45, 2.75) is 45.2 Å². The van der Waals surface area contributed by atoms with Gasteiger partial charge in [0.25, 0.3) is 0 Å². The largest absolute Gasteiger partial charge is 0.270 e. The van der Waals surface area contributed by atoms with E-state index in [-0.39, 0.29) is 6.04 Å². The number of hydrogen-bond acceptors (Lipinski definition) is 3. The Kier molecular flexibility index (Phi) is 4.17. The molecule has 0 aromatic heterocycles. The first kappa shape index (κ1) is 17.4. The first-order valence-electron chi connectivity index (χ1n) is 9.76. The van der Waals surface area contributed by atoms with Crippen molar-refractivity contribution in [3.8, 4) is 0 Å². The second-order valence-electron chi connectivity index (χ2n) is 7.96. The van der Waals surface area contributed by atoms with Crippen molar-refractivity contribution in [3.05, 3.63) is 45.6 Å². The Labute approximate surface area is 169 Å². The molecule has 0 N–H and O–H groups in total. The van der Waals surface area contributed by atoms with Crippen LogP contribution in [0, 0.1) is 5.92 Å². The molecular formula is C21H23Cl2N4+. The second kappa shape index (κ2) is 6.46. The van der Waals surface area contributed by atoms with Gasteiger partial charge in [0.1, 0.15) is 18.0 Å². The van der Waals surface area contributed by atoms with Gasteiger partial charge in [-0.1, -0.05) is 30.1 Å². The molecule has 3 heterocycles. The molecule has 1 aromatic rings. The van der Waals surface area contributed by atoms with E-state index in [0.717, 1.165) is 48.1 Å². The van der Waals surface area contributed by atoms with E-state index in [1.165, 1.54) is 18.6 Å². The molecule has 27 heavy (non-hydrogen) atoms. The van der Waals surface area contributed by atoms with E-state index in [2.05, 4.69) is 29.5 Å². The summed E-state index contributed by atoms with van der Waals surface area (Å²) in [6.45, 7) is 6.44. The van der Waals surface area contributed by atoms with Crippen LogP contribution in [0.1, 0.15) is 38.7 Å². The van der Waals surface area contributed by atoms with Crippen molar-refractivity contribution < 1.29 is 4.58 Å². The predicted molar refractivity (Wildman–Crippen MR) is 112 cm³/mol. The third-order valence-corrected chi connectivity index (χ3v) is 6.49. The summed E-state index contributed by atoms with van der Waals surface area (Å²) in [5, 5.41) is 8.46. The Balaban J connectivity index is 1.63. The third kappa shape index (κ3) is 2.94. The minimum absolute atomic E-state index is 0.108. The van der Waals surface area contributed by atoms with E-state index in [9.17, 15) is 0 Å². The average molecular weight is 401 g/mol. The molecule has 140 valence electrons. The average Bonchev–Trinajstić information content (AvgIpc) is 3.38. The van der Waals surface area contributed by atoms with Crippen LogP contribution in [0.3, 0.4) is 0 Å². The van der Waals surface area contributed by atoms with Crippen molar-refractivity contribution in [1.82, 2.24) is 5.01 Å². The van der Waals surface area contributed by atoms with E-state index in [1.807, 2.05) is 12.1 Å². The van der Waals surface area contributed by atoms with Crippen LogP contribution in [-0.4, -0.2) is 51.9 Å². The van der Waals surface area contributed by atoms with E-state index < -0.39 is 0 Å². The summed E-state index contributed by atoms with van der Waals surface area (Å²) >= 11 is 12.6. The number of hydrogen-bond donors (Lipinski definition) is 0. The van der Waals surface area contributed by atoms with Crippen LogP contribution in [-0.2, 0) is 0 Å². The number of allylic oxidation sites excluding steroid dienone is 1. The van der Waals surface area contributed by atoms with Crippen LogP contribution in [0.5, 0.6) is 0 Å². The van der Waals surface area contributed by atoms with Crippen LogP contribution in [0.2, 0.25) is 10.0 Å². The molecule has 4 nitrogen and oxygen atoms in total. The molecule has 1 aliphatic carbocycles. The molecule has 0 saturated heterocycles. The zero-order valence-corrected chi connectivity index (χ0v) is 17.1. The highest BCUT2D eigenvalue weighted by molar-refractivity contribution is 6.57. The summed E-state index contributed by atoms with van der Waals surface area (Å²) in [7, 11) is 0. The van der Waals surface area contributed by atoms with Gasteiger partial charge in [0.2, 0.25) is 5.71 Å². The van der Waals surface area contributed by atoms with Gasteiger partial charge in [-0.15, -0.1) is 0 Å². The molecule has 6 heteroatoms. The van der Waals surface area contributed by atoms with Crippen LogP contribution in [0.15, 0.2) is 40.1 Å². The molecule has 1 fully saturated rings. The highest BCUT2D eigenvalue weighted by Gasteiger charge is 2.49. The first-order valence-corrected chi connectivity index (χ1v) is 10.5. The Morgan fingerprint density at radius 2 is 2.07 bits per heavy atom. The minimum atomic E-state index is 0.108. The fourth-order valence-electron chi connectivity index (χ4n) is 4.40. The Morgan fingerprint density at radius 3 is 2.78 bits per heavy atom. The lowest BCUT2D eigenvalue weighted by molar-refractivity contribution is -0.576. The van der Waals surface area contributed by atoms with Crippen molar-refractivity contribution >= 4 is 40.3 Å². The van der Waals surface area contributed by atoms with Gasteiger partial charge in [-0.25, -0.2) is 4.58 Å². The molecule has 1 saturated carbocycles. The molecule has 2 atom stereocenters. The van der Waals surface area contributed by atoms with Gasteiger partial charge in [0.05, 0.1) is 11.6 Å². The highest BCUT2D eigenvalue weighted by atomic mass is 35.5. The smallest absolute Gasteiger partial charge is 0.208 e. The molecule has 1 unspecified atom stereocenters. The number of hydrazone groups is 1. The lowest BCUT2D eigenvalue weighted by Crippen LogP contribution is -2.56. The van der Waals surface area contributed by atoms with E-state index in [1.54, 1.807) is 6.07 Å². The highest BCUT2D eigenvalue weighted by Crippen LogP contribution is 2.34. The Bertz CT molecular complexity index is 940. The van der Waals surface area contributed by atoms with E-state index in [4.69, 9.17) is 33.3 Å². The van der Waals surface area contributed by atoms with E-state index in [0.29, 0.717) is 16.1 Å². The molecule has 0 spiro atoms. The summed E-state index contributed by atoms with van der Waals surface area (Å²) in [6.07, 6.45) is 6.10. The van der Waals surface area contributed by atoms with E-state index >= 15 is 0 Å². The first-order chi connectivity index (χ1) is 13.0. The summed E-state index contributed by atoms with van der Waals surface area (Å²) in [5.41, 5.74) is 5.20. The number of aliphatic imine (C=N–C) groups is 1. The fourth-order valence-corrected chi connectivity index (χ4v) is 4.90. The van der Waals surface area contributed by atoms with Gasteiger partial charge in [-0.2, -0.15) is 5.10 Å². The molecule has 0 bridgehead atoms. The standard InChI is InChI=1S/C21H23Cl2N4/c1-3-15-11-27-21-18(26(15)10-13-4-5-13)8-12(2)24-20(21)19(25-27)16-7-6-14(22)9-17(16)23/h6-9,13,15,21H,3-5,10-11H2,1-2H3/q+1/t15-,21?/m0/s1/i10-1. The van der Waals surface area contributed by atoms with Gasteiger partial charge in [-0.05, 0) is 38.0 Å². The molecule has 0 radical (unpaired) electrons. The summed E-state index contributed by atoms with van der Waals surface area (Å²) in [4.78, 5) is 4.89. The van der Waals surface area contributed by atoms with Gasteiger partial charge in [0.15, 0.2) is 12.1 Å². The van der Waals surface area contributed by atoms with Gasteiger partial charge >= 0.3 is 0 Å². The van der Waals surface area contributed by atoms with Crippen molar-refractivity contribution in [3.63, 3.8) is 0 Å². The monoisotopic (exact) mass is 400 g/mol. The van der Waals surface area contributed by atoms with Crippen LogP contribution < -0.4 is 0 Å². The molecule has 4 aliphatic rings. The quantitative estimate of drug-likeness (QED) is 0.689.